The number of rotatable bonds is 2. The lowest BCUT2D eigenvalue weighted by molar-refractivity contribution is -0.125. The van der Waals surface area contributed by atoms with Crippen molar-refractivity contribution in [3.63, 3.8) is 0 Å². The third-order valence-corrected chi connectivity index (χ3v) is 2.64. The molecule has 1 heterocycles. The van der Waals surface area contributed by atoms with E-state index in [0.29, 0.717) is 19.6 Å². The highest BCUT2D eigenvalue weighted by atomic mass is 16.5. The van der Waals surface area contributed by atoms with Gasteiger partial charge in [-0.25, -0.2) is 0 Å². The Morgan fingerprint density at radius 3 is 2.86 bits per heavy atom. The van der Waals surface area contributed by atoms with Crippen molar-refractivity contribution in [3.05, 3.63) is 0 Å². The van der Waals surface area contributed by atoms with E-state index in [2.05, 4.69) is 11.8 Å². The van der Waals surface area contributed by atoms with Gasteiger partial charge in [-0.1, -0.05) is 5.92 Å². The van der Waals surface area contributed by atoms with E-state index in [0.717, 1.165) is 6.42 Å². The summed E-state index contributed by atoms with van der Waals surface area (Å²) in [5.41, 5.74) is 5.26. The SMILES string of the molecule is CC#CC(=O)N1CCC(CN)(OC)C1. The van der Waals surface area contributed by atoms with Crippen LogP contribution in [0, 0.1) is 11.8 Å². The molecule has 4 heteroatoms. The fraction of sp³-hybridized carbons (Fsp3) is 0.700. The molecule has 78 valence electrons. The van der Waals surface area contributed by atoms with Crippen LogP contribution in [-0.4, -0.2) is 43.2 Å². The number of carbonyl (C=O) groups excluding carboxylic acids is 1. The van der Waals surface area contributed by atoms with E-state index in [4.69, 9.17) is 10.5 Å². The van der Waals surface area contributed by atoms with Gasteiger partial charge in [0.1, 0.15) is 0 Å². The van der Waals surface area contributed by atoms with E-state index < -0.39 is 0 Å². The van der Waals surface area contributed by atoms with Crippen molar-refractivity contribution in [2.24, 2.45) is 5.73 Å². The van der Waals surface area contributed by atoms with E-state index >= 15 is 0 Å². The Labute approximate surface area is 84.4 Å². The molecule has 1 aliphatic rings. The predicted molar refractivity (Wildman–Crippen MR) is 53.4 cm³/mol. The molecule has 1 rings (SSSR count). The summed E-state index contributed by atoms with van der Waals surface area (Å²) < 4.78 is 5.34. The molecular weight excluding hydrogens is 180 g/mol. The molecule has 0 spiro atoms. The van der Waals surface area contributed by atoms with Crippen LogP contribution in [0.25, 0.3) is 0 Å². The maximum Gasteiger partial charge on any atom is 0.298 e. The van der Waals surface area contributed by atoms with Crippen LogP contribution in [-0.2, 0) is 9.53 Å². The van der Waals surface area contributed by atoms with Gasteiger partial charge in [0.25, 0.3) is 5.91 Å². The van der Waals surface area contributed by atoms with Gasteiger partial charge >= 0.3 is 0 Å². The monoisotopic (exact) mass is 196 g/mol. The van der Waals surface area contributed by atoms with Crippen molar-refractivity contribution in [2.45, 2.75) is 18.9 Å². The average Bonchev–Trinajstić information content (AvgIpc) is 2.63. The Morgan fingerprint density at radius 1 is 1.71 bits per heavy atom. The Bertz CT molecular complexity index is 274. The lowest BCUT2D eigenvalue weighted by Gasteiger charge is -2.25. The molecule has 14 heavy (non-hydrogen) atoms. The van der Waals surface area contributed by atoms with Crippen molar-refractivity contribution < 1.29 is 9.53 Å². The van der Waals surface area contributed by atoms with Crippen molar-refractivity contribution in [2.75, 3.05) is 26.7 Å². The lowest BCUT2D eigenvalue weighted by Crippen LogP contribution is -2.43. The summed E-state index contributed by atoms with van der Waals surface area (Å²) in [5, 5.41) is 0. The molecule has 0 aromatic rings. The maximum atomic E-state index is 11.4. The van der Waals surface area contributed by atoms with Crippen molar-refractivity contribution >= 4 is 5.91 Å². The minimum absolute atomic E-state index is 0.139. The fourth-order valence-corrected chi connectivity index (χ4v) is 1.62. The smallest absolute Gasteiger partial charge is 0.298 e. The highest BCUT2D eigenvalue weighted by Crippen LogP contribution is 2.23. The first-order chi connectivity index (χ1) is 6.67. The topological polar surface area (TPSA) is 55.6 Å². The van der Waals surface area contributed by atoms with E-state index in [1.54, 1.807) is 18.9 Å². The van der Waals surface area contributed by atoms with Gasteiger partial charge < -0.3 is 15.4 Å². The molecule has 0 aromatic carbocycles. The van der Waals surface area contributed by atoms with Crippen LogP contribution in [0.1, 0.15) is 13.3 Å². The Balaban J connectivity index is 2.63. The zero-order valence-corrected chi connectivity index (χ0v) is 8.67. The van der Waals surface area contributed by atoms with Gasteiger partial charge in [-0.3, -0.25) is 4.79 Å². The number of carbonyl (C=O) groups is 1. The minimum Gasteiger partial charge on any atom is -0.375 e. The van der Waals surface area contributed by atoms with Crippen LogP contribution < -0.4 is 5.73 Å². The molecule has 1 atom stereocenters. The molecule has 0 aromatic heterocycles. The van der Waals surface area contributed by atoms with Crippen molar-refractivity contribution in [1.29, 1.82) is 0 Å². The van der Waals surface area contributed by atoms with Crippen LogP contribution in [0.4, 0.5) is 0 Å². The van der Waals surface area contributed by atoms with Gasteiger partial charge in [-0.15, -0.1) is 0 Å². The first-order valence-electron chi connectivity index (χ1n) is 4.64. The summed E-state index contributed by atoms with van der Waals surface area (Å²) >= 11 is 0. The number of likely N-dealkylation sites (tertiary alicyclic amines) is 1. The van der Waals surface area contributed by atoms with Crippen LogP contribution in [0.5, 0.6) is 0 Å². The second-order valence-electron chi connectivity index (χ2n) is 3.44. The van der Waals surface area contributed by atoms with Gasteiger partial charge in [0.15, 0.2) is 0 Å². The molecular formula is C10H16N2O2. The number of nitrogens with two attached hydrogens (primary N) is 1. The quantitative estimate of drug-likeness (QED) is 0.611. The molecule has 1 amide bonds. The molecule has 0 aliphatic carbocycles. The highest BCUT2D eigenvalue weighted by Gasteiger charge is 2.38. The first-order valence-corrected chi connectivity index (χ1v) is 4.64. The average molecular weight is 196 g/mol. The van der Waals surface area contributed by atoms with Gasteiger partial charge in [-0.05, 0) is 19.3 Å². The first kappa shape index (κ1) is 11.0. The fourth-order valence-electron chi connectivity index (χ4n) is 1.62. The standard InChI is InChI=1S/C10H16N2O2/c1-3-4-9(13)12-6-5-10(7-11,8-12)14-2/h5-8,11H2,1-2H3. The van der Waals surface area contributed by atoms with Crippen molar-refractivity contribution in [1.82, 2.24) is 4.90 Å². The van der Waals surface area contributed by atoms with Crippen LogP contribution >= 0.6 is 0 Å². The Kier molecular flexibility index (Phi) is 3.50. The second-order valence-corrected chi connectivity index (χ2v) is 3.44. The molecule has 0 bridgehead atoms. The summed E-state index contributed by atoms with van der Waals surface area (Å²) in [4.78, 5) is 13.1. The Morgan fingerprint density at radius 2 is 2.43 bits per heavy atom. The largest absolute Gasteiger partial charge is 0.375 e. The molecule has 1 aliphatic heterocycles. The Hall–Kier alpha value is -1.05. The van der Waals surface area contributed by atoms with Crippen molar-refractivity contribution in [3.8, 4) is 11.8 Å². The second kappa shape index (κ2) is 4.45. The molecule has 4 nitrogen and oxygen atoms in total. The zero-order chi connectivity index (χ0) is 10.6. The third kappa shape index (κ3) is 2.06. The molecule has 2 N–H and O–H groups in total. The summed E-state index contributed by atoms with van der Waals surface area (Å²) in [7, 11) is 1.63. The van der Waals surface area contributed by atoms with E-state index in [1.165, 1.54) is 0 Å². The predicted octanol–water partition coefficient (Wildman–Crippen LogP) is -0.414. The molecule has 0 saturated carbocycles. The molecule has 1 unspecified atom stereocenters. The number of methoxy groups -OCH3 is 1. The van der Waals surface area contributed by atoms with E-state index in [-0.39, 0.29) is 11.5 Å². The van der Waals surface area contributed by atoms with Gasteiger partial charge in [-0.2, -0.15) is 0 Å². The number of amides is 1. The minimum atomic E-state index is -0.356. The highest BCUT2D eigenvalue weighted by molar-refractivity contribution is 5.93. The molecule has 0 radical (unpaired) electrons. The normalized spacial score (nSPS) is 25.8. The van der Waals surface area contributed by atoms with E-state index in [1.807, 2.05) is 0 Å². The van der Waals surface area contributed by atoms with Gasteiger partial charge in [0.05, 0.1) is 12.1 Å². The molecule has 1 saturated heterocycles. The van der Waals surface area contributed by atoms with Crippen LogP contribution in [0.3, 0.4) is 0 Å². The summed E-state index contributed by atoms with van der Waals surface area (Å²) in [6, 6.07) is 0. The van der Waals surface area contributed by atoms with Crippen LogP contribution in [0.15, 0.2) is 0 Å². The third-order valence-electron chi connectivity index (χ3n) is 2.64. The van der Waals surface area contributed by atoms with E-state index in [9.17, 15) is 4.79 Å². The van der Waals surface area contributed by atoms with Crippen LogP contribution in [0.2, 0.25) is 0 Å². The van der Waals surface area contributed by atoms with Gasteiger partial charge in [0.2, 0.25) is 0 Å². The summed E-state index contributed by atoms with van der Waals surface area (Å²) in [6.07, 6.45) is 0.789. The zero-order valence-electron chi connectivity index (χ0n) is 8.67. The number of nitrogens with zero attached hydrogens (tertiary/aromatic N) is 1. The summed E-state index contributed by atoms with van der Waals surface area (Å²) in [6.45, 7) is 3.32. The van der Waals surface area contributed by atoms with Gasteiger partial charge in [0, 0.05) is 20.2 Å². The lowest BCUT2D eigenvalue weighted by atomic mass is 10.0. The summed E-state index contributed by atoms with van der Waals surface area (Å²) in [5.74, 6) is 4.97. The number of hydrogen-bond donors (Lipinski definition) is 1. The molecule has 1 fully saturated rings. The number of hydrogen-bond acceptors (Lipinski definition) is 3. The maximum absolute atomic E-state index is 11.4. The number of ether oxygens (including phenoxy) is 1.